The zero-order chi connectivity index (χ0) is 19.1. The van der Waals surface area contributed by atoms with E-state index >= 15 is 0 Å². The van der Waals surface area contributed by atoms with Gasteiger partial charge >= 0.3 is 5.97 Å². The first kappa shape index (κ1) is 19.5. The molecule has 2 aromatic carbocycles. The van der Waals surface area contributed by atoms with Gasteiger partial charge in [-0.05, 0) is 31.2 Å². The van der Waals surface area contributed by atoms with Gasteiger partial charge in [0.25, 0.3) is 5.91 Å². The van der Waals surface area contributed by atoms with Crippen LogP contribution in [0, 0.1) is 0 Å². The van der Waals surface area contributed by atoms with Crippen LogP contribution in [0.1, 0.15) is 34.6 Å². The van der Waals surface area contributed by atoms with E-state index in [0.717, 1.165) is 0 Å². The Labute approximate surface area is 154 Å². The van der Waals surface area contributed by atoms with Gasteiger partial charge in [-0.1, -0.05) is 31.2 Å². The van der Waals surface area contributed by atoms with Crippen LogP contribution < -0.4 is 5.32 Å². The fourth-order valence-corrected chi connectivity index (χ4v) is 3.15. The van der Waals surface area contributed by atoms with Gasteiger partial charge in [-0.3, -0.25) is 13.8 Å². The van der Waals surface area contributed by atoms with Crippen molar-refractivity contribution in [3.63, 3.8) is 0 Å². The monoisotopic (exact) mass is 373 g/mol. The molecule has 0 aliphatic rings. The minimum Gasteiger partial charge on any atom is -0.452 e. The summed E-state index contributed by atoms with van der Waals surface area (Å²) >= 11 is 0. The smallest absolute Gasteiger partial charge is 0.339 e. The number of hydrogen-bond acceptors (Lipinski definition) is 5. The van der Waals surface area contributed by atoms with Crippen LogP contribution in [0.4, 0.5) is 5.69 Å². The fraction of sp³-hybridized carbons (Fsp3) is 0.211. The molecule has 0 saturated carbocycles. The van der Waals surface area contributed by atoms with E-state index in [1.165, 1.54) is 13.0 Å². The predicted octanol–water partition coefficient (Wildman–Crippen LogP) is 2.81. The van der Waals surface area contributed by atoms with Gasteiger partial charge in [-0.25, -0.2) is 4.79 Å². The van der Waals surface area contributed by atoms with Crippen molar-refractivity contribution in [2.24, 2.45) is 0 Å². The van der Waals surface area contributed by atoms with Crippen LogP contribution in [-0.2, 0) is 20.3 Å². The summed E-state index contributed by atoms with van der Waals surface area (Å²) in [5.41, 5.74) is 1.08. The first-order valence-corrected chi connectivity index (χ1v) is 9.29. The Kier molecular flexibility index (Phi) is 6.80. The molecule has 0 bridgehead atoms. The average Bonchev–Trinajstić information content (AvgIpc) is 2.65. The normalized spacial score (nSPS) is 11.5. The van der Waals surface area contributed by atoms with Gasteiger partial charge in [0, 0.05) is 17.0 Å². The van der Waals surface area contributed by atoms with Gasteiger partial charge in [0.05, 0.1) is 21.3 Å². The molecule has 0 aliphatic carbocycles. The number of carbonyl (C=O) groups excluding carboxylic acids is 3. The van der Waals surface area contributed by atoms with Crippen LogP contribution in [0.2, 0.25) is 0 Å². The Hall–Kier alpha value is -2.80. The predicted molar refractivity (Wildman–Crippen MR) is 98.8 cm³/mol. The summed E-state index contributed by atoms with van der Waals surface area (Å²) in [4.78, 5) is 35.9. The lowest BCUT2D eigenvalue weighted by molar-refractivity contribution is -0.119. The molecular weight excluding hydrogens is 354 g/mol. The van der Waals surface area contributed by atoms with Crippen molar-refractivity contribution in [1.29, 1.82) is 0 Å². The largest absolute Gasteiger partial charge is 0.452 e. The maximum absolute atomic E-state index is 12.2. The van der Waals surface area contributed by atoms with E-state index < -0.39 is 29.3 Å². The molecule has 0 heterocycles. The molecule has 136 valence electrons. The number of Topliss-reactive ketones (excluding diaryl/α,β-unsaturated/α-hetero) is 1. The summed E-state index contributed by atoms with van der Waals surface area (Å²) in [6.45, 7) is 2.69. The highest BCUT2D eigenvalue weighted by Crippen LogP contribution is 2.15. The van der Waals surface area contributed by atoms with E-state index in [9.17, 15) is 18.6 Å². The zero-order valence-electron chi connectivity index (χ0n) is 14.5. The van der Waals surface area contributed by atoms with Crippen molar-refractivity contribution in [1.82, 2.24) is 0 Å². The Bertz CT molecular complexity index is 863. The Morgan fingerprint density at radius 2 is 1.81 bits per heavy atom. The van der Waals surface area contributed by atoms with Crippen LogP contribution in [0.15, 0.2) is 53.4 Å². The third kappa shape index (κ3) is 5.10. The third-order valence-electron chi connectivity index (χ3n) is 3.50. The molecule has 0 aromatic heterocycles. The molecule has 0 spiro atoms. The minimum absolute atomic E-state index is 0.118. The number of carbonyl (C=O) groups is 3. The number of esters is 1. The van der Waals surface area contributed by atoms with Crippen molar-refractivity contribution in [3.05, 3.63) is 59.7 Å². The van der Waals surface area contributed by atoms with Gasteiger partial charge in [0.2, 0.25) is 0 Å². The van der Waals surface area contributed by atoms with E-state index in [2.05, 4.69) is 5.32 Å². The van der Waals surface area contributed by atoms with Crippen LogP contribution in [-0.4, -0.2) is 34.2 Å². The van der Waals surface area contributed by atoms with Crippen LogP contribution in [0.5, 0.6) is 0 Å². The first-order valence-electron chi connectivity index (χ1n) is 7.97. The van der Waals surface area contributed by atoms with Crippen molar-refractivity contribution in [2.45, 2.75) is 18.7 Å². The molecule has 7 heteroatoms. The Balaban J connectivity index is 2.00. The topological polar surface area (TPSA) is 89.5 Å². The van der Waals surface area contributed by atoms with Crippen molar-refractivity contribution in [3.8, 4) is 0 Å². The van der Waals surface area contributed by atoms with E-state index in [0.29, 0.717) is 21.9 Å². The quantitative estimate of drug-likeness (QED) is 0.595. The summed E-state index contributed by atoms with van der Waals surface area (Å²) in [7, 11) is -1.31. The number of hydrogen-bond donors (Lipinski definition) is 1. The van der Waals surface area contributed by atoms with E-state index in [4.69, 9.17) is 4.74 Å². The van der Waals surface area contributed by atoms with Crippen LogP contribution in [0.25, 0.3) is 0 Å². The molecular formula is C19H19NO5S. The summed E-state index contributed by atoms with van der Waals surface area (Å²) in [5, 5.41) is 2.56. The Morgan fingerprint density at radius 3 is 2.50 bits per heavy atom. The first-order chi connectivity index (χ1) is 12.4. The number of rotatable bonds is 7. The molecule has 2 rings (SSSR count). The maximum Gasteiger partial charge on any atom is 0.339 e. The van der Waals surface area contributed by atoms with Crippen molar-refractivity contribution < 1.29 is 23.3 Å². The molecule has 0 aliphatic heterocycles. The molecule has 0 radical (unpaired) electrons. The Morgan fingerprint density at radius 1 is 1.08 bits per heavy atom. The van der Waals surface area contributed by atoms with Gasteiger partial charge < -0.3 is 10.1 Å². The number of nitrogens with one attached hydrogen (secondary N) is 1. The second-order valence-electron chi connectivity index (χ2n) is 5.39. The minimum atomic E-state index is -1.31. The lowest BCUT2D eigenvalue weighted by Crippen LogP contribution is -2.21. The lowest BCUT2D eigenvalue weighted by atomic mass is 10.1. The van der Waals surface area contributed by atoms with E-state index in [-0.39, 0.29) is 11.3 Å². The molecule has 1 atom stereocenters. The standard InChI is InChI=1S/C19H19NO5S/c1-3-26(24)17-10-5-4-9-16(17)19(23)25-12-18(22)20-15-8-6-7-14(11-15)13(2)21/h4-11H,3,12H2,1-2H3,(H,20,22)/t26-/m0/s1. The number of benzene rings is 2. The second kappa shape index (κ2) is 9.05. The van der Waals surface area contributed by atoms with Gasteiger partial charge in [-0.2, -0.15) is 0 Å². The molecule has 2 aromatic rings. The second-order valence-corrected chi connectivity index (χ2v) is 7.10. The summed E-state index contributed by atoms with van der Waals surface area (Å²) in [5.74, 6) is -0.992. The maximum atomic E-state index is 12.2. The zero-order valence-corrected chi connectivity index (χ0v) is 15.3. The van der Waals surface area contributed by atoms with Gasteiger partial charge in [0.1, 0.15) is 0 Å². The number of amides is 1. The van der Waals surface area contributed by atoms with Gasteiger partial charge in [0.15, 0.2) is 12.4 Å². The summed E-state index contributed by atoms with van der Waals surface area (Å²) < 4.78 is 17.0. The lowest BCUT2D eigenvalue weighted by Gasteiger charge is -2.09. The van der Waals surface area contributed by atoms with Crippen LogP contribution in [0.3, 0.4) is 0 Å². The highest BCUT2D eigenvalue weighted by atomic mass is 32.2. The number of ether oxygens (including phenoxy) is 1. The highest BCUT2D eigenvalue weighted by molar-refractivity contribution is 7.85. The van der Waals surface area contributed by atoms with E-state index in [1.807, 2.05) is 0 Å². The molecule has 1 N–H and O–H groups in total. The molecule has 0 unspecified atom stereocenters. The highest BCUT2D eigenvalue weighted by Gasteiger charge is 2.17. The van der Waals surface area contributed by atoms with Gasteiger partial charge in [-0.15, -0.1) is 0 Å². The molecule has 26 heavy (non-hydrogen) atoms. The summed E-state index contributed by atoms with van der Waals surface area (Å²) in [6.07, 6.45) is 0. The SMILES string of the molecule is CC[S@](=O)c1ccccc1C(=O)OCC(=O)Nc1cccc(C(C)=O)c1. The molecule has 0 fully saturated rings. The molecule has 1 amide bonds. The van der Waals surface area contributed by atoms with E-state index in [1.54, 1.807) is 49.4 Å². The fourth-order valence-electron chi connectivity index (χ4n) is 2.21. The van der Waals surface area contributed by atoms with Crippen molar-refractivity contribution >= 4 is 34.1 Å². The average molecular weight is 373 g/mol. The van der Waals surface area contributed by atoms with Crippen LogP contribution >= 0.6 is 0 Å². The third-order valence-corrected chi connectivity index (χ3v) is 4.87. The molecule has 6 nitrogen and oxygen atoms in total. The summed E-state index contributed by atoms with van der Waals surface area (Å²) in [6, 6.07) is 12.9. The number of ketones is 1. The van der Waals surface area contributed by atoms with Crippen molar-refractivity contribution in [2.75, 3.05) is 17.7 Å². The molecule has 0 saturated heterocycles. The number of anilines is 1.